The molecule has 0 atom stereocenters. The largest absolute Gasteiger partial charge is 0.454 e. The predicted octanol–water partition coefficient (Wildman–Crippen LogP) is 5.44. The molecule has 9 heteroatoms. The van der Waals surface area contributed by atoms with Crippen LogP contribution in [0.15, 0.2) is 30.3 Å². The van der Waals surface area contributed by atoms with Crippen molar-refractivity contribution < 1.29 is 27.2 Å². The first kappa shape index (κ1) is 19.2. The number of amides is 1. The normalized spacial score (nSPS) is 11.3. The van der Waals surface area contributed by atoms with E-state index in [-0.39, 0.29) is 26.9 Å². The first-order valence-electron chi connectivity index (χ1n) is 6.69. The van der Waals surface area contributed by atoms with Gasteiger partial charge < -0.3 is 5.32 Å². The minimum atomic E-state index is -5.10. The van der Waals surface area contributed by atoms with E-state index in [2.05, 4.69) is 5.32 Å². The van der Waals surface area contributed by atoms with E-state index >= 15 is 0 Å². The zero-order valence-electron chi connectivity index (χ0n) is 12.5. The van der Waals surface area contributed by atoms with E-state index in [1.807, 2.05) is 0 Å². The summed E-state index contributed by atoms with van der Waals surface area (Å²) in [4.78, 5) is 23.4. The van der Waals surface area contributed by atoms with E-state index in [1.165, 1.54) is 25.1 Å². The smallest absolute Gasteiger partial charge is 0.319 e. The molecular formula is C16H9Cl2F4NO2. The van der Waals surface area contributed by atoms with Gasteiger partial charge >= 0.3 is 6.18 Å². The lowest BCUT2D eigenvalue weighted by Crippen LogP contribution is -2.23. The van der Waals surface area contributed by atoms with Crippen molar-refractivity contribution in [2.24, 2.45) is 0 Å². The van der Waals surface area contributed by atoms with Gasteiger partial charge in [-0.05, 0) is 30.7 Å². The topological polar surface area (TPSA) is 46.2 Å². The van der Waals surface area contributed by atoms with E-state index < -0.39 is 29.2 Å². The van der Waals surface area contributed by atoms with Crippen LogP contribution in [0.3, 0.4) is 0 Å². The van der Waals surface area contributed by atoms with E-state index in [0.29, 0.717) is 0 Å². The number of alkyl halides is 3. The Hall–Kier alpha value is -2.12. The van der Waals surface area contributed by atoms with Crippen LogP contribution in [0.1, 0.15) is 26.3 Å². The summed E-state index contributed by atoms with van der Waals surface area (Å²) >= 11 is 11.6. The highest BCUT2D eigenvalue weighted by Crippen LogP contribution is 2.34. The van der Waals surface area contributed by atoms with Gasteiger partial charge in [-0.3, -0.25) is 9.59 Å². The summed E-state index contributed by atoms with van der Waals surface area (Å²) in [6.45, 7) is 1.46. The number of carbonyl (C=O) groups is 2. The van der Waals surface area contributed by atoms with Crippen molar-refractivity contribution in [3.05, 3.63) is 62.9 Å². The number of hydrogen-bond acceptors (Lipinski definition) is 2. The van der Waals surface area contributed by atoms with Gasteiger partial charge in [-0.2, -0.15) is 13.2 Å². The summed E-state index contributed by atoms with van der Waals surface area (Å²) in [5, 5.41) is 1.46. The van der Waals surface area contributed by atoms with Gasteiger partial charge in [0, 0.05) is 5.56 Å². The van der Waals surface area contributed by atoms with Crippen molar-refractivity contribution in [3.63, 3.8) is 0 Å². The van der Waals surface area contributed by atoms with Crippen molar-refractivity contribution >= 4 is 40.6 Å². The molecule has 2 rings (SSSR count). The number of Topliss-reactive ketones (excluding diaryl/α,β-unsaturated/α-hetero) is 1. The van der Waals surface area contributed by atoms with Crippen molar-refractivity contribution in [3.8, 4) is 0 Å². The maximum atomic E-state index is 14.0. The number of aryl methyl sites for hydroxylation is 1. The van der Waals surface area contributed by atoms with Gasteiger partial charge in [0.15, 0.2) is 0 Å². The van der Waals surface area contributed by atoms with Crippen LogP contribution in [0.4, 0.5) is 23.2 Å². The second-order valence-corrected chi connectivity index (χ2v) is 5.85. The summed E-state index contributed by atoms with van der Waals surface area (Å²) < 4.78 is 51.4. The van der Waals surface area contributed by atoms with Crippen molar-refractivity contribution in [2.45, 2.75) is 13.1 Å². The van der Waals surface area contributed by atoms with Crippen molar-refractivity contribution in [2.75, 3.05) is 5.32 Å². The Morgan fingerprint density at radius 3 is 2.16 bits per heavy atom. The van der Waals surface area contributed by atoms with E-state index in [9.17, 15) is 27.2 Å². The van der Waals surface area contributed by atoms with Crippen LogP contribution in [0.5, 0.6) is 0 Å². The van der Waals surface area contributed by atoms with Crippen LogP contribution in [0.2, 0.25) is 10.0 Å². The van der Waals surface area contributed by atoms with E-state index in [1.54, 1.807) is 0 Å². The molecule has 0 saturated heterocycles. The number of carbonyl (C=O) groups excluding carboxylic acids is 2. The molecule has 0 radical (unpaired) electrons. The highest BCUT2D eigenvalue weighted by molar-refractivity contribution is 6.40. The standard InChI is InChI=1S/C16H9Cl2F4NO2/c1-7-3-2-4-9(12(7)19)15(25)23-13-10(17)5-8(6-11(13)18)14(24)16(20,21)22/h2-6H,1H3,(H,23,25). The Labute approximate surface area is 149 Å². The van der Waals surface area contributed by atoms with Gasteiger partial charge in [0.25, 0.3) is 11.7 Å². The second-order valence-electron chi connectivity index (χ2n) is 5.03. The highest BCUT2D eigenvalue weighted by atomic mass is 35.5. The molecule has 25 heavy (non-hydrogen) atoms. The fourth-order valence-corrected chi connectivity index (χ4v) is 2.57. The summed E-state index contributed by atoms with van der Waals surface area (Å²) in [7, 11) is 0. The predicted molar refractivity (Wildman–Crippen MR) is 85.9 cm³/mol. The molecule has 0 aliphatic carbocycles. The maximum Gasteiger partial charge on any atom is 0.454 e. The van der Waals surface area contributed by atoms with Gasteiger partial charge in [0.05, 0.1) is 21.3 Å². The van der Waals surface area contributed by atoms with Crippen LogP contribution in [-0.4, -0.2) is 17.9 Å². The fourth-order valence-electron chi connectivity index (χ4n) is 1.99. The molecular weight excluding hydrogens is 385 g/mol. The lowest BCUT2D eigenvalue weighted by molar-refractivity contribution is -0.0885. The first-order valence-corrected chi connectivity index (χ1v) is 7.45. The first-order chi connectivity index (χ1) is 11.5. The SMILES string of the molecule is Cc1cccc(C(=O)Nc2c(Cl)cc(C(=O)C(F)(F)F)cc2Cl)c1F. The van der Waals surface area contributed by atoms with Crippen LogP contribution in [0.25, 0.3) is 0 Å². The number of ketones is 1. The molecule has 0 heterocycles. The summed E-state index contributed by atoms with van der Waals surface area (Å²) in [6.07, 6.45) is -5.10. The van der Waals surface area contributed by atoms with Crippen LogP contribution >= 0.6 is 23.2 Å². The van der Waals surface area contributed by atoms with Crippen molar-refractivity contribution in [1.82, 2.24) is 0 Å². The van der Waals surface area contributed by atoms with Gasteiger partial charge in [-0.25, -0.2) is 4.39 Å². The average Bonchev–Trinajstić information content (AvgIpc) is 2.51. The van der Waals surface area contributed by atoms with Gasteiger partial charge in [-0.15, -0.1) is 0 Å². The monoisotopic (exact) mass is 393 g/mol. The van der Waals surface area contributed by atoms with Crippen LogP contribution in [0, 0.1) is 12.7 Å². The molecule has 3 nitrogen and oxygen atoms in total. The third-order valence-corrected chi connectivity index (χ3v) is 3.83. The lowest BCUT2D eigenvalue weighted by atomic mass is 10.1. The van der Waals surface area contributed by atoms with E-state index in [4.69, 9.17) is 23.2 Å². The zero-order valence-corrected chi connectivity index (χ0v) is 14.0. The number of rotatable bonds is 3. The molecule has 1 amide bonds. The van der Waals surface area contributed by atoms with E-state index in [0.717, 1.165) is 12.1 Å². The highest BCUT2D eigenvalue weighted by Gasteiger charge is 2.39. The molecule has 0 aliphatic heterocycles. The van der Waals surface area contributed by atoms with Gasteiger partial charge in [-0.1, -0.05) is 35.3 Å². The molecule has 0 spiro atoms. The van der Waals surface area contributed by atoms with Gasteiger partial charge in [0.1, 0.15) is 5.82 Å². The molecule has 2 aromatic carbocycles. The summed E-state index contributed by atoms with van der Waals surface area (Å²) in [5.74, 6) is -3.77. The third kappa shape index (κ3) is 4.11. The Morgan fingerprint density at radius 1 is 1.08 bits per heavy atom. The van der Waals surface area contributed by atoms with Crippen LogP contribution < -0.4 is 5.32 Å². The van der Waals surface area contributed by atoms with Gasteiger partial charge in [0.2, 0.25) is 0 Å². The Balaban J connectivity index is 2.36. The Bertz CT molecular complexity index is 843. The number of halogens is 6. The molecule has 0 unspecified atom stereocenters. The fraction of sp³-hybridized carbons (Fsp3) is 0.125. The molecule has 0 bridgehead atoms. The number of benzene rings is 2. The molecule has 2 aromatic rings. The number of hydrogen-bond donors (Lipinski definition) is 1. The quantitative estimate of drug-likeness (QED) is 0.557. The second kappa shape index (κ2) is 7.01. The average molecular weight is 394 g/mol. The minimum Gasteiger partial charge on any atom is -0.319 e. The molecule has 132 valence electrons. The molecule has 0 saturated carbocycles. The van der Waals surface area contributed by atoms with Crippen LogP contribution in [-0.2, 0) is 0 Å². The zero-order chi connectivity index (χ0) is 18.9. The minimum absolute atomic E-state index is 0.229. The number of anilines is 1. The summed E-state index contributed by atoms with van der Waals surface area (Å²) in [5.41, 5.74) is -1.06. The summed E-state index contributed by atoms with van der Waals surface area (Å²) in [6, 6.07) is 5.60. The molecule has 1 N–H and O–H groups in total. The number of nitrogens with one attached hydrogen (secondary N) is 1. The third-order valence-electron chi connectivity index (χ3n) is 3.24. The maximum absolute atomic E-state index is 14.0. The van der Waals surface area contributed by atoms with Crippen molar-refractivity contribution in [1.29, 1.82) is 0 Å². The Morgan fingerprint density at radius 2 is 1.64 bits per heavy atom. The molecule has 0 aromatic heterocycles. The molecule has 0 aliphatic rings. The lowest BCUT2D eigenvalue weighted by Gasteiger charge is -2.13. The Kier molecular flexibility index (Phi) is 5.39. The molecule has 0 fully saturated rings.